The zero-order chi connectivity index (χ0) is 16.8. The minimum Gasteiger partial charge on any atom is -0.331 e. The molecule has 0 saturated carbocycles. The molecule has 0 fully saturated rings. The molecule has 120 valence electrons. The van der Waals surface area contributed by atoms with Crippen LogP contribution in [0.1, 0.15) is 43.2 Å². The Morgan fingerprint density at radius 3 is 2.61 bits per heavy atom. The van der Waals surface area contributed by atoms with E-state index in [-0.39, 0.29) is 10.7 Å². The van der Waals surface area contributed by atoms with Crippen LogP contribution in [0.15, 0.2) is 24.5 Å². The fourth-order valence-electron chi connectivity index (χ4n) is 2.74. The van der Waals surface area contributed by atoms with E-state index < -0.39 is 0 Å². The van der Waals surface area contributed by atoms with Gasteiger partial charge < -0.3 is 4.57 Å². The molecule has 2 heterocycles. The van der Waals surface area contributed by atoms with Crippen LogP contribution < -0.4 is 0 Å². The van der Waals surface area contributed by atoms with Gasteiger partial charge in [-0.25, -0.2) is 9.97 Å². The Morgan fingerprint density at radius 1 is 1.17 bits per heavy atom. The van der Waals surface area contributed by atoms with Gasteiger partial charge in [-0.15, -0.1) is 0 Å². The first kappa shape index (κ1) is 15.9. The number of fused-ring (bicyclic) bond motifs is 1. The number of rotatable bonds is 2. The Morgan fingerprint density at radius 2 is 1.91 bits per heavy atom. The van der Waals surface area contributed by atoms with E-state index in [9.17, 15) is 0 Å². The number of hydrogen-bond acceptors (Lipinski definition) is 3. The van der Waals surface area contributed by atoms with Crippen molar-refractivity contribution in [2.24, 2.45) is 7.05 Å². The summed E-state index contributed by atoms with van der Waals surface area (Å²) in [5, 5.41) is 0.246. The Hall–Kier alpha value is -1.94. The highest BCUT2D eigenvalue weighted by atomic mass is 35.5. The second-order valence-corrected chi connectivity index (χ2v) is 7.37. The van der Waals surface area contributed by atoms with Crippen molar-refractivity contribution in [3.8, 4) is 0 Å². The van der Waals surface area contributed by atoms with Crippen LogP contribution in [0, 0.1) is 6.92 Å². The van der Waals surface area contributed by atoms with E-state index >= 15 is 0 Å². The van der Waals surface area contributed by atoms with Gasteiger partial charge in [-0.1, -0.05) is 39.0 Å². The second-order valence-electron chi connectivity index (χ2n) is 7.04. The van der Waals surface area contributed by atoms with Gasteiger partial charge in [0.1, 0.15) is 5.52 Å². The van der Waals surface area contributed by atoms with Crippen LogP contribution >= 0.6 is 11.6 Å². The largest absolute Gasteiger partial charge is 0.331 e. The molecular formula is C18H21ClN4. The predicted molar refractivity (Wildman–Crippen MR) is 94.0 cm³/mol. The molecule has 0 radical (unpaired) electrons. The van der Waals surface area contributed by atoms with Gasteiger partial charge in [-0.05, 0) is 40.6 Å². The number of aromatic nitrogens is 4. The third-order valence-corrected chi connectivity index (χ3v) is 4.36. The molecule has 3 rings (SSSR count). The number of nitrogens with zero attached hydrogens (tertiary/aromatic N) is 4. The fraction of sp³-hybridized carbons (Fsp3) is 0.389. The minimum atomic E-state index is 0.119. The van der Waals surface area contributed by atoms with Gasteiger partial charge in [-0.3, -0.25) is 0 Å². The van der Waals surface area contributed by atoms with Crippen molar-refractivity contribution >= 4 is 22.8 Å². The molecule has 0 aliphatic rings. The molecule has 4 nitrogen and oxygen atoms in total. The van der Waals surface area contributed by atoms with Gasteiger partial charge in [0, 0.05) is 13.5 Å². The Kier molecular flexibility index (Phi) is 3.88. The van der Waals surface area contributed by atoms with Crippen LogP contribution in [0.4, 0.5) is 0 Å². The van der Waals surface area contributed by atoms with Gasteiger partial charge >= 0.3 is 0 Å². The summed E-state index contributed by atoms with van der Waals surface area (Å²) in [5.41, 5.74) is 6.45. The van der Waals surface area contributed by atoms with Crippen LogP contribution in [-0.2, 0) is 18.9 Å². The summed E-state index contributed by atoms with van der Waals surface area (Å²) < 4.78 is 1.95. The molecule has 5 heteroatoms. The smallest absolute Gasteiger partial charge is 0.224 e. The molecule has 0 unspecified atom stereocenters. The zero-order valence-electron chi connectivity index (χ0n) is 14.2. The summed E-state index contributed by atoms with van der Waals surface area (Å²) in [6, 6.07) is 6.65. The minimum absolute atomic E-state index is 0.119. The Bertz CT molecular complexity index is 875. The molecule has 0 amide bonds. The lowest BCUT2D eigenvalue weighted by atomic mass is 9.84. The fourth-order valence-corrected chi connectivity index (χ4v) is 2.92. The third kappa shape index (κ3) is 3.08. The monoisotopic (exact) mass is 328 g/mol. The van der Waals surface area contributed by atoms with E-state index in [2.05, 4.69) is 60.8 Å². The lowest BCUT2D eigenvalue weighted by Gasteiger charge is -2.21. The van der Waals surface area contributed by atoms with Crippen LogP contribution in [0.3, 0.4) is 0 Å². The van der Waals surface area contributed by atoms with E-state index in [1.807, 2.05) is 11.6 Å². The van der Waals surface area contributed by atoms with E-state index in [4.69, 9.17) is 11.6 Å². The maximum atomic E-state index is 6.07. The quantitative estimate of drug-likeness (QED) is 0.662. The van der Waals surface area contributed by atoms with Gasteiger partial charge in [0.2, 0.25) is 5.28 Å². The van der Waals surface area contributed by atoms with Crippen molar-refractivity contribution < 1.29 is 0 Å². The summed E-state index contributed by atoms with van der Waals surface area (Å²) in [7, 11) is 1.95. The lowest BCUT2D eigenvalue weighted by Crippen LogP contribution is -2.12. The molecule has 23 heavy (non-hydrogen) atoms. The van der Waals surface area contributed by atoms with Gasteiger partial charge in [0.25, 0.3) is 0 Å². The molecule has 0 spiro atoms. The predicted octanol–water partition coefficient (Wildman–Crippen LogP) is 4.21. The maximum absolute atomic E-state index is 6.07. The topological polar surface area (TPSA) is 43.6 Å². The van der Waals surface area contributed by atoms with Crippen molar-refractivity contribution in [2.45, 2.75) is 39.5 Å². The van der Waals surface area contributed by atoms with Gasteiger partial charge in [0.05, 0.1) is 12.0 Å². The summed E-state index contributed by atoms with van der Waals surface area (Å²) in [6.45, 7) is 8.80. The van der Waals surface area contributed by atoms with Crippen molar-refractivity contribution in [2.75, 3.05) is 0 Å². The molecule has 0 aliphatic carbocycles. The van der Waals surface area contributed by atoms with E-state index in [0.29, 0.717) is 12.1 Å². The number of aryl methyl sites for hydroxylation is 2. The number of benzene rings is 1. The van der Waals surface area contributed by atoms with Crippen molar-refractivity contribution in [3.63, 3.8) is 0 Å². The molecule has 1 aromatic carbocycles. The first-order valence-corrected chi connectivity index (χ1v) is 8.07. The zero-order valence-corrected chi connectivity index (χ0v) is 14.9. The highest BCUT2D eigenvalue weighted by Crippen LogP contribution is 2.27. The van der Waals surface area contributed by atoms with E-state index in [1.165, 1.54) is 16.7 Å². The molecule has 0 N–H and O–H groups in total. The molecular weight excluding hydrogens is 308 g/mol. The van der Waals surface area contributed by atoms with Crippen LogP contribution in [0.25, 0.3) is 11.2 Å². The SMILES string of the molecule is Cc1ccc(C(C)(C)C)cc1Cc1nc(Cl)nc2ncn(C)c12. The average molecular weight is 329 g/mol. The third-order valence-electron chi connectivity index (χ3n) is 4.19. The molecule has 0 saturated heterocycles. The standard InChI is InChI=1S/C18H21ClN4/c1-11-6-7-13(18(2,3)4)8-12(11)9-14-15-16(20-10-23(15)5)22-17(19)21-14/h6-8,10H,9H2,1-5H3. The highest BCUT2D eigenvalue weighted by Gasteiger charge is 2.17. The number of imidazole rings is 1. The average Bonchev–Trinajstić information content (AvgIpc) is 2.81. The van der Waals surface area contributed by atoms with E-state index in [1.54, 1.807) is 6.33 Å². The van der Waals surface area contributed by atoms with Crippen LogP contribution in [0.2, 0.25) is 5.28 Å². The Balaban J connectivity index is 2.11. The van der Waals surface area contributed by atoms with Gasteiger partial charge in [0.15, 0.2) is 5.65 Å². The highest BCUT2D eigenvalue weighted by molar-refractivity contribution is 6.28. The second kappa shape index (κ2) is 5.60. The maximum Gasteiger partial charge on any atom is 0.224 e. The molecule has 0 bridgehead atoms. The summed E-state index contributed by atoms with van der Waals surface area (Å²) in [4.78, 5) is 12.9. The molecule has 0 atom stereocenters. The Labute approximate surface area is 141 Å². The van der Waals surface area contributed by atoms with Crippen LogP contribution in [0.5, 0.6) is 0 Å². The molecule has 2 aromatic heterocycles. The van der Waals surface area contributed by atoms with Gasteiger partial charge in [-0.2, -0.15) is 4.98 Å². The van der Waals surface area contributed by atoms with Crippen molar-refractivity contribution in [3.05, 3.63) is 52.2 Å². The summed E-state index contributed by atoms with van der Waals surface area (Å²) in [5.74, 6) is 0. The first-order valence-electron chi connectivity index (χ1n) is 7.69. The molecule has 0 aliphatic heterocycles. The number of hydrogen-bond donors (Lipinski definition) is 0. The summed E-state index contributed by atoms with van der Waals surface area (Å²) in [6.07, 6.45) is 2.46. The van der Waals surface area contributed by atoms with Crippen molar-refractivity contribution in [1.82, 2.24) is 19.5 Å². The summed E-state index contributed by atoms with van der Waals surface area (Å²) >= 11 is 6.07. The van der Waals surface area contributed by atoms with Crippen LogP contribution in [-0.4, -0.2) is 19.5 Å². The first-order chi connectivity index (χ1) is 10.8. The lowest BCUT2D eigenvalue weighted by molar-refractivity contribution is 0.589. The normalized spacial score (nSPS) is 12.1. The van der Waals surface area contributed by atoms with Crippen molar-refractivity contribution in [1.29, 1.82) is 0 Å². The molecule has 3 aromatic rings. The van der Waals surface area contributed by atoms with E-state index in [0.717, 1.165) is 11.2 Å². The number of halogens is 1.